The van der Waals surface area contributed by atoms with Crippen LogP contribution < -0.4 is 5.76 Å². The van der Waals surface area contributed by atoms with Crippen LogP contribution in [-0.4, -0.2) is 4.98 Å². The number of fused-ring (bicyclic) bond motifs is 1. The van der Waals surface area contributed by atoms with Crippen molar-refractivity contribution < 1.29 is 4.42 Å². The number of para-hydroxylation sites is 2. The van der Waals surface area contributed by atoms with Crippen LogP contribution in [0.4, 0.5) is 0 Å². The van der Waals surface area contributed by atoms with Gasteiger partial charge in [0.1, 0.15) is 0 Å². The summed E-state index contributed by atoms with van der Waals surface area (Å²) in [6.45, 7) is 8.75. The van der Waals surface area contributed by atoms with Crippen molar-refractivity contribution in [1.29, 1.82) is 0 Å². The average Bonchev–Trinajstić information content (AvgIpc) is 2.40. The lowest BCUT2D eigenvalue weighted by atomic mass is 10.0. The van der Waals surface area contributed by atoms with Gasteiger partial charge in [0, 0.05) is 0 Å². The van der Waals surface area contributed by atoms with Gasteiger partial charge >= 0.3 is 5.76 Å². The molecule has 0 spiro atoms. The highest BCUT2D eigenvalue weighted by Gasteiger charge is 1.96. The van der Waals surface area contributed by atoms with E-state index in [1.807, 2.05) is 12.1 Å². The van der Waals surface area contributed by atoms with E-state index in [1.54, 1.807) is 12.1 Å². The van der Waals surface area contributed by atoms with Crippen LogP contribution in [0.15, 0.2) is 33.5 Å². The van der Waals surface area contributed by atoms with Gasteiger partial charge in [-0.3, -0.25) is 4.98 Å². The fourth-order valence-corrected chi connectivity index (χ4v) is 0.894. The largest absolute Gasteiger partial charge is 0.417 e. The molecule has 1 N–H and O–H groups in total. The minimum absolute atomic E-state index is 0.402. The summed E-state index contributed by atoms with van der Waals surface area (Å²) in [6.07, 6.45) is 0. The molecule has 0 amide bonds. The third-order valence-electron chi connectivity index (χ3n) is 1.33. The predicted molar refractivity (Wildman–Crippen MR) is 62.0 cm³/mol. The van der Waals surface area contributed by atoms with Gasteiger partial charge in [0.2, 0.25) is 0 Å². The third-order valence-corrected chi connectivity index (χ3v) is 1.33. The first kappa shape index (κ1) is 11.6. The summed E-state index contributed by atoms with van der Waals surface area (Å²) in [7, 11) is 0. The van der Waals surface area contributed by atoms with E-state index in [4.69, 9.17) is 4.42 Å². The first-order valence-corrected chi connectivity index (χ1v) is 4.94. The van der Waals surface area contributed by atoms with E-state index in [0.29, 0.717) is 11.0 Å². The molecule has 0 saturated heterocycles. The van der Waals surface area contributed by atoms with Crippen molar-refractivity contribution in [2.24, 2.45) is 5.41 Å². The number of rotatable bonds is 0. The number of nitrogens with one attached hydrogen (secondary N) is 1. The lowest BCUT2D eigenvalue weighted by molar-refractivity contribution is 0.469. The summed E-state index contributed by atoms with van der Waals surface area (Å²) in [5.41, 5.74) is 1.85. The minimum atomic E-state index is -0.402. The number of aromatic amines is 1. The molecule has 0 aliphatic heterocycles. The number of benzene rings is 1. The quantitative estimate of drug-likeness (QED) is 0.721. The number of aromatic nitrogens is 1. The summed E-state index contributed by atoms with van der Waals surface area (Å²) in [6, 6.07) is 7.19. The Morgan fingerprint density at radius 3 is 2.20 bits per heavy atom. The molecular formula is C12H17NO2. The van der Waals surface area contributed by atoms with E-state index in [0.717, 1.165) is 5.52 Å². The lowest BCUT2D eigenvalue weighted by Crippen LogP contribution is -1.93. The summed E-state index contributed by atoms with van der Waals surface area (Å²) < 4.78 is 4.76. The van der Waals surface area contributed by atoms with E-state index in [2.05, 4.69) is 32.7 Å². The van der Waals surface area contributed by atoms with Gasteiger partial charge in [-0.1, -0.05) is 39.8 Å². The molecule has 0 saturated carbocycles. The number of H-pyrrole nitrogens is 1. The molecule has 1 aromatic heterocycles. The van der Waals surface area contributed by atoms with Crippen molar-refractivity contribution in [3.8, 4) is 0 Å². The summed E-state index contributed by atoms with van der Waals surface area (Å²) in [4.78, 5) is 13.1. The second-order valence-electron chi connectivity index (χ2n) is 5.01. The van der Waals surface area contributed by atoms with Crippen LogP contribution in [0.5, 0.6) is 0 Å². The Bertz CT molecular complexity index is 432. The molecule has 0 aliphatic rings. The van der Waals surface area contributed by atoms with Gasteiger partial charge in [-0.05, 0) is 17.5 Å². The van der Waals surface area contributed by atoms with E-state index >= 15 is 0 Å². The third kappa shape index (κ3) is 4.49. The summed E-state index contributed by atoms with van der Waals surface area (Å²) in [5, 5.41) is 0. The Hall–Kier alpha value is -1.51. The van der Waals surface area contributed by atoms with Crippen molar-refractivity contribution in [3.63, 3.8) is 0 Å². The first-order valence-electron chi connectivity index (χ1n) is 4.94. The molecule has 1 heterocycles. The molecule has 0 fully saturated rings. The molecule has 0 aliphatic carbocycles. The molecule has 3 nitrogen and oxygen atoms in total. The van der Waals surface area contributed by atoms with Gasteiger partial charge in [0.05, 0.1) is 5.52 Å². The van der Waals surface area contributed by atoms with Gasteiger partial charge in [0.15, 0.2) is 5.58 Å². The van der Waals surface area contributed by atoms with Crippen LogP contribution in [0.3, 0.4) is 0 Å². The average molecular weight is 207 g/mol. The van der Waals surface area contributed by atoms with Crippen molar-refractivity contribution in [2.75, 3.05) is 0 Å². The number of hydrogen-bond acceptors (Lipinski definition) is 2. The maximum absolute atomic E-state index is 10.6. The van der Waals surface area contributed by atoms with Crippen LogP contribution >= 0.6 is 0 Å². The van der Waals surface area contributed by atoms with Crippen molar-refractivity contribution in [3.05, 3.63) is 34.8 Å². The maximum Gasteiger partial charge on any atom is 0.417 e. The Balaban J connectivity index is 0.000000195. The smallest absolute Gasteiger partial charge is 0.408 e. The molecule has 15 heavy (non-hydrogen) atoms. The minimum Gasteiger partial charge on any atom is -0.408 e. The Labute approximate surface area is 89.1 Å². The fourth-order valence-electron chi connectivity index (χ4n) is 0.894. The Kier molecular flexibility index (Phi) is 3.35. The van der Waals surface area contributed by atoms with E-state index < -0.39 is 5.76 Å². The van der Waals surface area contributed by atoms with E-state index in [-0.39, 0.29) is 0 Å². The fraction of sp³-hybridized carbons (Fsp3) is 0.417. The number of hydrogen-bond donors (Lipinski definition) is 1. The predicted octanol–water partition coefficient (Wildman–Crippen LogP) is 3.17. The highest BCUT2D eigenvalue weighted by Crippen LogP contribution is 2.08. The zero-order valence-electron chi connectivity index (χ0n) is 9.63. The molecule has 1 aromatic carbocycles. The molecule has 82 valence electrons. The number of oxazole rings is 1. The van der Waals surface area contributed by atoms with Gasteiger partial charge in [-0.2, -0.15) is 0 Å². The highest BCUT2D eigenvalue weighted by atomic mass is 16.4. The molecule has 0 atom stereocenters. The lowest BCUT2D eigenvalue weighted by Gasteiger charge is -2.05. The molecule has 0 bridgehead atoms. The summed E-state index contributed by atoms with van der Waals surface area (Å²) in [5.74, 6) is -0.402. The zero-order valence-corrected chi connectivity index (χ0v) is 9.63. The standard InChI is InChI=1S/C7H5NO2.C5H12/c9-7-8-5-3-1-2-4-6(5)10-7;1-5(2,3)4/h1-4H,(H,8,9);1-4H3. The van der Waals surface area contributed by atoms with Crippen LogP contribution in [0.25, 0.3) is 11.1 Å². The van der Waals surface area contributed by atoms with E-state index in [1.165, 1.54) is 0 Å². The van der Waals surface area contributed by atoms with Gasteiger partial charge in [-0.25, -0.2) is 4.79 Å². The maximum atomic E-state index is 10.6. The molecule has 2 rings (SSSR count). The molecule has 2 aromatic rings. The van der Waals surface area contributed by atoms with Gasteiger partial charge in [-0.15, -0.1) is 0 Å². The van der Waals surface area contributed by atoms with Crippen molar-refractivity contribution in [1.82, 2.24) is 4.98 Å². The van der Waals surface area contributed by atoms with Crippen LogP contribution in [-0.2, 0) is 0 Å². The highest BCUT2D eigenvalue weighted by molar-refractivity contribution is 5.71. The van der Waals surface area contributed by atoms with Crippen LogP contribution in [0, 0.1) is 5.41 Å². The van der Waals surface area contributed by atoms with Gasteiger partial charge in [0.25, 0.3) is 0 Å². The summed E-state index contributed by atoms with van der Waals surface area (Å²) >= 11 is 0. The van der Waals surface area contributed by atoms with E-state index in [9.17, 15) is 4.79 Å². The second-order valence-corrected chi connectivity index (χ2v) is 5.01. The monoisotopic (exact) mass is 207 g/mol. The van der Waals surface area contributed by atoms with Crippen LogP contribution in [0.1, 0.15) is 27.7 Å². The van der Waals surface area contributed by atoms with Crippen molar-refractivity contribution >= 4 is 11.1 Å². The Morgan fingerprint density at radius 2 is 1.67 bits per heavy atom. The SMILES string of the molecule is CC(C)(C)C.O=c1[nH]c2ccccc2o1. The molecule has 3 heteroatoms. The van der Waals surface area contributed by atoms with Crippen LogP contribution in [0.2, 0.25) is 0 Å². The second kappa shape index (κ2) is 4.34. The first-order chi connectivity index (χ1) is 6.86. The molecule has 0 unspecified atom stereocenters. The van der Waals surface area contributed by atoms with Crippen molar-refractivity contribution in [2.45, 2.75) is 27.7 Å². The Morgan fingerprint density at radius 1 is 1.13 bits per heavy atom. The normalized spacial score (nSPS) is 10.9. The van der Waals surface area contributed by atoms with Gasteiger partial charge < -0.3 is 4.42 Å². The zero-order chi connectivity index (χ0) is 11.5. The topological polar surface area (TPSA) is 46.0 Å². The molecular weight excluding hydrogens is 190 g/mol. The molecule has 0 radical (unpaired) electrons.